The van der Waals surface area contributed by atoms with E-state index in [-0.39, 0.29) is 11.5 Å². The number of piperidine rings is 1. The summed E-state index contributed by atoms with van der Waals surface area (Å²) in [6, 6.07) is 15.0. The van der Waals surface area contributed by atoms with Gasteiger partial charge < -0.3 is 4.57 Å². The van der Waals surface area contributed by atoms with Crippen molar-refractivity contribution in [1.29, 1.82) is 0 Å². The molecule has 2 atom stereocenters. The Morgan fingerprint density at radius 3 is 2.82 bits per heavy atom. The molecule has 6 rings (SSSR count). The second-order valence-corrected chi connectivity index (χ2v) is 9.55. The number of pyridine rings is 2. The van der Waals surface area contributed by atoms with Gasteiger partial charge in [0.15, 0.2) is 0 Å². The molecule has 5 heterocycles. The summed E-state index contributed by atoms with van der Waals surface area (Å²) in [5.41, 5.74) is 4.47. The predicted molar refractivity (Wildman–Crippen MR) is 129 cm³/mol. The van der Waals surface area contributed by atoms with Gasteiger partial charge in [0.05, 0.1) is 12.4 Å². The topological polar surface area (TPSA) is 58.4 Å². The molecule has 33 heavy (non-hydrogen) atoms. The van der Waals surface area contributed by atoms with Gasteiger partial charge in [0.25, 0.3) is 11.5 Å². The Morgan fingerprint density at radius 2 is 1.97 bits per heavy atom. The number of hydrogen-bond acceptors (Lipinski definition) is 4. The van der Waals surface area contributed by atoms with Crippen molar-refractivity contribution in [2.24, 2.45) is 5.92 Å². The van der Waals surface area contributed by atoms with Crippen molar-refractivity contribution in [2.45, 2.75) is 18.9 Å². The zero-order chi connectivity index (χ0) is 22.5. The Balaban J connectivity index is 1.31. The number of aromatic nitrogens is 2. The third-order valence-electron chi connectivity index (χ3n) is 6.91. The molecule has 3 aliphatic heterocycles. The fourth-order valence-corrected chi connectivity index (χ4v) is 5.71. The van der Waals surface area contributed by atoms with E-state index in [0.717, 1.165) is 48.6 Å². The van der Waals surface area contributed by atoms with Crippen molar-refractivity contribution in [3.63, 3.8) is 0 Å². The molecule has 7 heteroatoms. The zero-order valence-corrected chi connectivity index (χ0v) is 18.8. The highest BCUT2D eigenvalue weighted by atomic mass is 35.5. The highest BCUT2D eigenvalue weighted by molar-refractivity contribution is 6.37. The van der Waals surface area contributed by atoms with Gasteiger partial charge >= 0.3 is 0 Å². The molecule has 0 N–H and O–H groups in total. The second kappa shape index (κ2) is 7.97. The highest BCUT2D eigenvalue weighted by Crippen LogP contribution is 2.41. The maximum Gasteiger partial charge on any atom is 0.260 e. The summed E-state index contributed by atoms with van der Waals surface area (Å²) in [5, 5.41) is 0.609. The molecule has 0 radical (unpaired) electrons. The number of amides is 1. The number of hydrogen-bond donors (Lipinski definition) is 0. The summed E-state index contributed by atoms with van der Waals surface area (Å²) in [6.07, 6.45) is 6.46. The molecule has 3 aliphatic rings. The van der Waals surface area contributed by atoms with Crippen LogP contribution in [0.5, 0.6) is 0 Å². The first-order chi connectivity index (χ1) is 16.1. The van der Waals surface area contributed by atoms with Crippen molar-refractivity contribution >= 4 is 34.8 Å². The number of anilines is 1. The van der Waals surface area contributed by atoms with Crippen LogP contribution in [0.2, 0.25) is 5.02 Å². The van der Waals surface area contributed by atoms with Gasteiger partial charge in [-0.2, -0.15) is 0 Å². The van der Waals surface area contributed by atoms with Crippen LogP contribution in [0.4, 0.5) is 5.69 Å². The first-order valence-corrected chi connectivity index (χ1v) is 11.6. The Hall–Kier alpha value is -3.22. The van der Waals surface area contributed by atoms with Crippen molar-refractivity contribution in [1.82, 2.24) is 14.5 Å². The molecule has 0 unspecified atom stereocenters. The van der Waals surface area contributed by atoms with E-state index in [9.17, 15) is 9.59 Å². The van der Waals surface area contributed by atoms with Gasteiger partial charge in [-0.25, -0.2) is 0 Å². The molecule has 0 aliphatic carbocycles. The van der Waals surface area contributed by atoms with Crippen LogP contribution >= 0.6 is 11.6 Å². The Morgan fingerprint density at radius 1 is 1.06 bits per heavy atom. The summed E-state index contributed by atoms with van der Waals surface area (Å²) in [7, 11) is 0. The third kappa shape index (κ3) is 3.59. The molecular weight excluding hydrogens is 436 g/mol. The molecule has 1 fully saturated rings. The Labute approximate surface area is 196 Å². The summed E-state index contributed by atoms with van der Waals surface area (Å²) >= 11 is 6.32. The van der Waals surface area contributed by atoms with Crippen LogP contribution in [-0.4, -0.2) is 40.1 Å². The van der Waals surface area contributed by atoms with Gasteiger partial charge in [0, 0.05) is 65.9 Å². The van der Waals surface area contributed by atoms with E-state index in [1.54, 1.807) is 18.5 Å². The number of benzene rings is 1. The average molecular weight is 459 g/mol. The summed E-state index contributed by atoms with van der Waals surface area (Å²) < 4.78 is 1.93. The molecular formula is C26H23ClN4O2. The number of fused-ring (bicyclic) bond motifs is 5. The lowest BCUT2D eigenvalue weighted by atomic mass is 9.83. The van der Waals surface area contributed by atoms with Gasteiger partial charge in [0.2, 0.25) is 0 Å². The van der Waals surface area contributed by atoms with Gasteiger partial charge in [0.1, 0.15) is 0 Å². The van der Waals surface area contributed by atoms with Gasteiger partial charge in [-0.05, 0) is 48.2 Å². The first kappa shape index (κ1) is 20.4. The number of carbonyl (C=O) groups is 1. The summed E-state index contributed by atoms with van der Waals surface area (Å²) in [5.74, 6) is 0.676. The molecule has 6 nitrogen and oxygen atoms in total. The largest absolute Gasteiger partial charge is 0.312 e. The molecule has 2 aromatic heterocycles. The lowest BCUT2D eigenvalue weighted by Crippen LogP contribution is -2.50. The average Bonchev–Trinajstić information content (AvgIpc) is 3.06. The normalized spacial score (nSPS) is 23.0. The molecule has 0 spiro atoms. The Bertz CT molecular complexity index is 1330. The smallest absolute Gasteiger partial charge is 0.260 e. The van der Waals surface area contributed by atoms with Crippen LogP contribution in [0.3, 0.4) is 0 Å². The highest BCUT2D eigenvalue weighted by Gasteiger charge is 2.38. The van der Waals surface area contributed by atoms with E-state index in [2.05, 4.69) is 16.0 Å². The maximum atomic E-state index is 13.6. The van der Waals surface area contributed by atoms with Gasteiger partial charge in [-0.15, -0.1) is 0 Å². The molecule has 1 saturated heterocycles. The molecule has 2 bridgehead atoms. The molecule has 1 amide bonds. The van der Waals surface area contributed by atoms with E-state index in [0.29, 0.717) is 29.1 Å². The quantitative estimate of drug-likeness (QED) is 0.559. The minimum absolute atomic E-state index is 0.0246. The number of carbonyl (C=O) groups excluding carboxylic acids is 1. The summed E-state index contributed by atoms with van der Waals surface area (Å²) in [6.45, 7) is 2.92. The standard InChI is InChI=1S/C26H23ClN4O2/c27-20-6-7-21-22(10-17-3-2-8-28-12-17)26(33)31(24(21)11-20)16-29-13-18-9-19(15-29)23-4-1-5-25(32)30(23)14-18/h1-8,10-12,18-19H,9,13-16H2/b22-10-/t18-,19-/m0/s1. The van der Waals surface area contributed by atoms with E-state index >= 15 is 0 Å². The lowest BCUT2D eigenvalue weighted by Gasteiger charge is -2.43. The van der Waals surface area contributed by atoms with Crippen LogP contribution in [-0.2, 0) is 11.3 Å². The van der Waals surface area contributed by atoms with E-state index in [1.807, 2.05) is 51.9 Å². The summed E-state index contributed by atoms with van der Waals surface area (Å²) in [4.78, 5) is 34.2. The van der Waals surface area contributed by atoms with Crippen molar-refractivity contribution in [3.8, 4) is 0 Å². The fraction of sp³-hybridized carbons (Fsp3) is 0.269. The van der Waals surface area contributed by atoms with E-state index < -0.39 is 0 Å². The fourth-order valence-electron chi connectivity index (χ4n) is 5.54. The van der Waals surface area contributed by atoms with Crippen molar-refractivity contribution < 1.29 is 4.79 Å². The van der Waals surface area contributed by atoms with E-state index in [4.69, 9.17) is 11.6 Å². The maximum absolute atomic E-state index is 13.6. The van der Waals surface area contributed by atoms with Crippen LogP contribution in [0.15, 0.2) is 65.7 Å². The third-order valence-corrected chi connectivity index (χ3v) is 7.14. The number of nitrogens with zero attached hydrogens (tertiary/aromatic N) is 4. The number of likely N-dealkylation sites (tertiary alicyclic amines) is 1. The van der Waals surface area contributed by atoms with Gasteiger partial charge in [-0.3, -0.25) is 24.4 Å². The molecule has 1 aromatic carbocycles. The van der Waals surface area contributed by atoms with E-state index in [1.165, 1.54) is 0 Å². The van der Waals surface area contributed by atoms with Crippen molar-refractivity contribution in [2.75, 3.05) is 24.7 Å². The Kier molecular flexibility index (Phi) is 4.93. The molecule has 166 valence electrons. The minimum atomic E-state index is -0.0246. The predicted octanol–water partition coefficient (Wildman–Crippen LogP) is 3.86. The van der Waals surface area contributed by atoms with Crippen LogP contribution in [0, 0.1) is 5.92 Å². The SMILES string of the molecule is O=C1/C(=C\c2cccnc2)c2ccc(Cl)cc2N1CN1C[C@@H]2C[C@@H](C1)c1cccc(=O)n1C2. The molecule has 0 saturated carbocycles. The first-order valence-electron chi connectivity index (χ1n) is 11.2. The monoisotopic (exact) mass is 458 g/mol. The van der Waals surface area contributed by atoms with Gasteiger partial charge in [-0.1, -0.05) is 29.8 Å². The number of halogens is 1. The second-order valence-electron chi connectivity index (χ2n) is 9.11. The minimum Gasteiger partial charge on any atom is -0.312 e. The van der Waals surface area contributed by atoms with Crippen molar-refractivity contribution in [3.05, 3.63) is 93.1 Å². The number of rotatable bonds is 3. The zero-order valence-electron chi connectivity index (χ0n) is 18.0. The van der Waals surface area contributed by atoms with Crippen LogP contribution < -0.4 is 10.5 Å². The molecule has 3 aromatic rings. The van der Waals surface area contributed by atoms with Crippen LogP contribution in [0.1, 0.15) is 29.2 Å². The lowest BCUT2D eigenvalue weighted by molar-refractivity contribution is -0.113. The van der Waals surface area contributed by atoms with Crippen LogP contribution in [0.25, 0.3) is 11.6 Å².